The lowest BCUT2D eigenvalue weighted by molar-refractivity contribution is 0.174. The number of fused-ring (bicyclic) bond motifs is 1. The number of methoxy groups -OCH3 is 1. The minimum Gasteiger partial charge on any atom is -0.497 e. The minimum atomic E-state index is -0.0544. The first-order valence-electron chi connectivity index (χ1n) is 6.54. The molecule has 4 heteroatoms. The lowest BCUT2D eigenvalue weighted by atomic mass is 9.99. The Labute approximate surface area is 118 Å². The number of hydrogen-bond donors (Lipinski definition) is 1. The molecule has 4 nitrogen and oxygen atoms in total. The number of nitrogens with two attached hydrogens (primary N) is 1. The van der Waals surface area contributed by atoms with Crippen LogP contribution in [0.25, 0.3) is 0 Å². The van der Waals surface area contributed by atoms with E-state index in [1.807, 2.05) is 42.5 Å². The summed E-state index contributed by atoms with van der Waals surface area (Å²) in [7, 11) is 1.65. The molecule has 0 bridgehead atoms. The molecule has 2 aromatic rings. The van der Waals surface area contributed by atoms with Crippen molar-refractivity contribution in [2.24, 2.45) is 5.73 Å². The molecule has 2 aromatic carbocycles. The largest absolute Gasteiger partial charge is 0.497 e. The highest BCUT2D eigenvalue weighted by Crippen LogP contribution is 2.33. The van der Waals surface area contributed by atoms with Crippen LogP contribution in [-0.4, -0.2) is 13.9 Å². The Balaban J connectivity index is 1.73. The zero-order chi connectivity index (χ0) is 13.9. The molecule has 1 heterocycles. The van der Waals surface area contributed by atoms with Gasteiger partial charge in [-0.1, -0.05) is 18.2 Å². The lowest BCUT2D eigenvalue weighted by Crippen LogP contribution is -2.13. The molecule has 3 rings (SSSR count). The molecule has 0 saturated heterocycles. The average Bonchev–Trinajstić information content (AvgIpc) is 2.95. The van der Waals surface area contributed by atoms with Crippen molar-refractivity contribution in [3.63, 3.8) is 0 Å². The van der Waals surface area contributed by atoms with Crippen LogP contribution in [0.15, 0.2) is 42.5 Å². The maximum atomic E-state index is 6.25. The van der Waals surface area contributed by atoms with Gasteiger partial charge in [-0.05, 0) is 41.8 Å². The smallest absolute Gasteiger partial charge is 0.231 e. The normalized spacial score (nSPS) is 14.1. The molecule has 1 unspecified atom stereocenters. The Bertz CT molecular complexity index is 595. The SMILES string of the molecule is COc1ccc(C(N)Cc2ccc3c(c2)OCO3)cc1. The molecule has 1 atom stereocenters. The van der Waals surface area contributed by atoms with Gasteiger partial charge >= 0.3 is 0 Å². The van der Waals surface area contributed by atoms with Gasteiger partial charge in [0.15, 0.2) is 11.5 Å². The second-order valence-electron chi connectivity index (χ2n) is 4.77. The van der Waals surface area contributed by atoms with Gasteiger partial charge in [-0.15, -0.1) is 0 Å². The fourth-order valence-corrected chi connectivity index (χ4v) is 2.29. The quantitative estimate of drug-likeness (QED) is 0.929. The highest BCUT2D eigenvalue weighted by molar-refractivity contribution is 5.45. The highest BCUT2D eigenvalue weighted by atomic mass is 16.7. The standard InChI is InChI=1S/C16H17NO3/c1-18-13-5-3-12(4-6-13)14(17)8-11-2-7-15-16(9-11)20-10-19-15/h2-7,9,14H,8,10,17H2,1H3. The molecule has 1 aliphatic rings. The van der Waals surface area contributed by atoms with E-state index in [-0.39, 0.29) is 6.04 Å². The molecule has 0 spiro atoms. The summed E-state index contributed by atoms with van der Waals surface area (Å²) in [5, 5.41) is 0. The predicted octanol–water partition coefficient (Wildman–Crippen LogP) is 2.67. The van der Waals surface area contributed by atoms with Gasteiger partial charge in [0.05, 0.1) is 7.11 Å². The van der Waals surface area contributed by atoms with Crippen LogP contribution in [0.1, 0.15) is 17.2 Å². The molecular formula is C16H17NO3. The van der Waals surface area contributed by atoms with Crippen LogP contribution in [-0.2, 0) is 6.42 Å². The molecular weight excluding hydrogens is 254 g/mol. The molecule has 1 aliphatic heterocycles. The van der Waals surface area contributed by atoms with Gasteiger partial charge in [0.1, 0.15) is 5.75 Å². The van der Waals surface area contributed by atoms with Gasteiger partial charge in [-0.3, -0.25) is 0 Å². The van der Waals surface area contributed by atoms with E-state index in [0.717, 1.165) is 34.8 Å². The second kappa shape index (κ2) is 5.43. The molecule has 104 valence electrons. The third-order valence-corrected chi connectivity index (χ3v) is 3.44. The van der Waals surface area contributed by atoms with Crippen LogP contribution < -0.4 is 19.9 Å². The van der Waals surface area contributed by atoms with E-state index in [1.165, 1.54) is 0 Å². The molecule has 0 saturated carbocycles. The van der Waals surface area contributed by atoms with Gasteiger partial charge in [0.2, 0.25) is 6.79 Å². The molecule has 20 heavy (non-hydrogen) atoms. The first-order valence-corrected chi connectivity index (χ1v) is 6.54. The predicted molar refractivity (Wildman–Crippen MR) is 76.2 cm³/mol. The van der Waals surface area contributed by atoms with E-state index in [1.54, 1.807) is 7.11 Å². The summed E-state index contributed by atoms with van der Waals surface area (Å²) in [6.07, 6.45) is 0.753. The highest BCUT2D eigenvalue weighted by Gasteiger charge is 2.15. The van der Waals surface area contributed by atoms with Gasteiger partial charge in [-0.25, -0.2) is 0 Å². The minimum absolute atomic E-state index is 0.0544. The monoisotopic (exact) mass is 271 g/mol. The second-order valence-corrected chi connectivity index (χ2v) is 4.77. The van der Waals surface area contributed by atoms with E-state index in [0.29, 0.717) is 6.79 Å². The summed E-state index contributed by atoms with van der Waals surface area (Å²) in [4.78, 5) is 0. The topological polar surface area (TPSA) is 53.7 Å². The number of rotatable bonds is 4. The van der Waals surface area contributed by atoms with E-state index in [9.17, 15) is 0 Å². The maximum absolute atomic E-state index is 6.25. The lowest BCUT2D eigenvalue weighted by Gasteiger charge is -2.13. The third kappa shape index (κ3) is 2.56. The van der Waals surface area contributed by atoms with E-state index < -0.39 is 0 Å². The first-order chi connectivity index (χ1) is 9.76. The fraction of sp³-hybridized carbons (Fsp3) is 0.250. The zero-order valence-corrected chi connectivity index (χ0v) is 11.3. The third-order valence-electron chi connectivity index (χ3n) is 3.44. The summed E-state index contributed by atoms with van der Waals surface area (Å²) in [5.41, 5.74) is 8.47. The Hall–Kier alpha value is -2.20. The summed E-state index contributed by atoms with van der Waals surface area (Å²) in [5.74, 6) is 2.43. The van der Waals surface area contributed by atoms with Crippen molar-refractivity contribution in [3.8, 4) is 17.2 Å². The van der Waals surface area contributed by atoms with Crippen molar-refractivity contribution < 1.29 is 14.2 Å². The number of ether oxygens (including phenoxy) is 3. The summed E-state index contributed by atoms with van der Waals surface area (Å²) >= 11 is 0. The molecule has 0 amide bonds. The van der Waals surface area contributed by atoms with E-state index in [2.05, 4.69) is 0 Å². The molecule has 0 aliphatic carbocycles. The zero-order valence-electron chi connectivity index (χ0n) is 11.3. The van der Waals surface area contributed by atoms with Crippen LogP contribution in [0.3, 0.4) is 0 Å². The Morgan fingerprint density at radius 1 is 1.10 bits per heavy atom. The van der Waals surface area contributed by atoms with Gasteiger partial charge < -0.3 is 19.9 Å². The van der Waals surface area contributed by atoms with Gasteiger partial charge in [0.25, 0.3) is 0 Å². The summed E-state index contributed by atoms with van der Waals surface area (Å²) in [6, 6.07) is 13.7. The van der Waals surface area contributed by atoms with Crippen molar-refractivity contribution in [1.82, 2.24) is 0 Å². The fourth-order valence-electron chi connectivity index (χ4n) is 2.29. The summed E-state index contributed by atoms with van der Waals surface area (Å²) < 4.78 is 15.8. The van der Waals surface area contributed by atoms with Crippen molar-refractivity contribution in [2.75, 3.05) is 13.9 Å². The van der Waals surface area contributed by atoms with Crippen molar-refractivity contribution in [1.29, 1.82) is 0 Å². The van der Waals surface area contributed by atoms with E-state index in [4.69, 9.17) is 19.9 Å². The summed E-state index contributed by atoms with van der Waals surface area (Å²) in [6.45, 7) is 0.295. The molecule has 2 N–H and O–H groups in total. The Morgan fingerprint density at radius 3 is 2.60 bits per heavy atom. The van der Waals surface area contributed by atoms with Crippen LogP contribution in [0.2, 0.25) is 0 Å². The average molecular weight is 271 g/mol. The maximum Gasteiger partial charge on any atom is 0.231 e. The van der Waals surface area contributed by atoms with Crippen LogP contribution in [0.5, 0.6) is 17.2 Å². The van der Waals surface area contributed by atoms with Crippen LogP contribution in [0.4, 0.5) is 0 Å². The Morgan fingerprint density at radius 2 is 1.85 bits per heavy atom. The Kier molecular flexibility index (Phi) is 3.48. The van der Waals surface area contributed by atoms with Gasteiger partial charge in [-0.2, -0.15) is 0 Å². The van der Waals surface area contributed by atoms with Crippen molar-refractivity contribution in [3.05, 3.63) is 53.6 Å². The molecule has 0 radical (unpaired) electrons. The van der Waals surface area contributed by atoms with Crippen molar-refractivity contribution in [2.45, 2.75) is 12.5 Å². The van der Waals surface area contributed by atoms with E-state index >= 15 is 0 Å². The number of hydrogen-bond acceptors (Lipinski definition) is 4. The number of benzene rings is 2. The molecule has 0 aromatic heterocycles. The van der Waals surface area contributed by atoms with Crippen molar-refractivity contribution >= 4 is 0 Å². The van der Waals surface area contributed by atoms with Crippen LogP contribution >= 0.6 is 0 Å². The van der Waals surface area contributed by atoms with Crippen LogP contribution in [0, 0.1) is 0 Å². The first kappa shape index (κ1) is 12.8. The van der Waals surface area contributed by atoms with Gasteiger partial charge in [0, 0.05) is 6.04 Å². The molecule has 0 fully saturated rings.